The van der Waals surface area contributed by atoms with E-state index in [0.29, 0.717) is 0 Å². The van der Waals surface area contributed by atoms with Crippen molar-refractivity contribution in [2.24, 2.45) is 0 Å². The second-order valence-electron chi connectivity index (χ2n) is 5.11. The molecule has 0 saturated heterocycles. The SMILES string of the molecule is Cc1c(N)cccc1SCCc1ccc2c(c1)CCO2. The van der Waals surface area contributed by atoms with E-state index in [9.17, 15) is 0 Å². The molecule has 104 valence electrons. The number of rotatable bonds is 4. The Bertz CT molecular complexity index is 624. The van der Waals surface area contributed by atoms with Crippen LogP contribution in [0, 0.1) is 6.92 Å². The summed E-state index contributed by atoms with van der Waals surface area (Å²) in [6.07, 6.45) is 2.12. The summed E-state index contributed by atoms with van der Waals surface area (Å²) in [5, 5.41) is 0. The van der Waals surface area contributed by atoms with E-state index in [0.717, 1.165) is 36.6 Å². The zero-order valence-corrected chi connectivity index (χ0v) is 12.5. The summed E-state index contributed by atoms with van der Waals surface area (Å²) in [5.74, 6) is 2.14. The largest absolute Gasteiger partial charge is 0.493 e. The van der Waals surface area contributed by atoms with Gasteiger partial charge in [-0.05, 0) is 48.2 Å². The number of thioether (sulfide) groups is 1. The third-order valence-electron chi connectivity index (χ3n) is 3.73. The molecule has 0 radical (unpaired) electrons. The summed E-state index contributed by atoms with van der Waals surface area (Å²) < 4.78 is 5.54. The molecule has 0 aromatic heterocycles. The number of hydrogen-bond donors (Lipinski definition) is 1. The minimum atomic E-state index is 0.829. The van der Waals surface area contributed by atoms with Crippen molar-refractivity contribution in [2.75, 3.05) is 18.1 Å². The minimum absolute atomic E-state index is 0.829. The molecule has 0 bridgehead atoms. The van der Waals surface area contributed by atoms with E-state index in [2.05, 4.69) is 31.2 Å². The fourth-order valence-corrected chi connectivity index (χ4v) is 3.53. The first-order valence-corrected chi connectivity index (χ1v) is 7.95. The molecule has 3 rings (SSSR count). The maximum absolute atomic E-state index is 5.94. The summed E-state index contributed by atoms with van der Waals surface area (Å²) in [7, 11) is 0. The van der Waals surface area contributed by atoms with E-state index in [-0.39, 0.29) is 0 Å². The molecular weight excluding hydrogens is 266 g/mol. The van der Waals surface area contributed by atoms with E-state index in [1.807, 2.05) is 23.9 Å². The normalized spacial score (nSPS) is 13.1. The van der Waals surface area contributed by atoms with Gasteiger partial charge in [-0.25, -0.2) is 0 Å². The van der Waals surface area contributed by atoms with E-state index < -0.39 is 0 Å². The lowest BCUT2D eigenvalue weighted by atomic mass is 10.1. The highest BCUT2D eigenvalue weighted by atomic mass is 32.2. The first-order chi connectivity index (χ1) is 9.74. The number of ether oxygens (including phenoxy) is 1. The van der Waals surface area contributed by atoms with Crippen LogP contribution in [0.1, 0.15) is 16.7 Å². The van der Waals surface area contributed by atoms with Gasteiger partial charge in [0.2, 0.25) is 0 Å². The molecule has 0 fully saturated rings. The van der Waals surface area contributed by atoms with Gasteiger partial charge in [-0.15, -0.1) is 11.8 Å². The summed E-state index contributed by atoms with van der Waals surface area (Å²) in [6, 6.07) is 12.7. The molecule has 1 aliphatic heterocycles. The Morgan fingerprint density at radius 3 is 3.05 bits per heavy atom. The fourth-order valence-electron chi connectivity index (χ4n) is 2.46. The summed E-state index contributed by atoms with van der Waals surface area (Å²) in [4.78, 5) is 1.29. The molecule has 2 N–H and O–H groups in total. The molecule has 1 heterocycles. The molecule has 0 saturated carbocycles. The quantitative estimate of drug-likeness (QED) is 0.684. The third kappa shape index (κ3) is 2.78. The van der Waals surface area contributed by atoms with Crippen LogP contribution in [0.3, 0.4) is 0 Å². The van der Waals surface area contributed by atoms with Crippen LogP contribution in [-0.4, -0.2) is 12.4 Å². The molecule has 0 atom stereocenters. The van der Waals surface area contributed by atoms with E-state index in [4.69, 9.17) is 10.5 Å². The van der Waals surface area contributed by atoms with Gasteiger partial charge in [0.15, 0.2) is 0 Å². The smallest absolute Gasteiger partial charge is 0.122 e. The van der Waals surface area contributed by atoms with Gasteiger partial charge in [0, 0.05) is 22.8 Å². The molecule has 2 aromatic rings. The lowest BCUT2D eigenvalue weighted by Crippen LogP contribution is -1.93. The predicted molar refractivity (Wildman–Crippen MR) is 85.7 cm³/mol. The van der Waals surface area contributed by atoms with Gasteiger partial charge in [-0.2, -0.15) is 0 Å². The first kappa shape index (κ1) is 13.4. The van der Waals surface area contributed by atoms with Crippen molar-refractivity contribution < 1.29 is 4.74 Å². The summed E-state index contributed by atoms with van der Waals surface area (Å²) in [5.41, 5.74) is 10.8. The molecule has 20 heavy (non-hydrogen) atoms. The molecule has 3 heteroatoms. The van der Waals surface area contributed by atoms with Crippen molar-refractivity contribution in [2.45, 2.75) is 24.7 Å². The third-order valence-corrected chi connectivity index (χ3v) is 4.89. The second kappa shape index (κ2) is 5.80. The zero-order valence-electron chi connectivity index (χ0n) is 11.7. The second-order valence-corrected chi connectivity index (χ2v) is 6.25. The summed E-state index contributed by atoms with van der Waals surface area (Å²) >= 11 is 1.88. The number of aryl methyl sites for hydroxylation is 1. The van der Waals surface area contributed by atoms with Gasteiger partial charge in [0.1, 0.15) is 5.75 Å². The van der Waals surface area contributed by atoms with Crippen LogP contribution >= 0.6 is 11.8 Å². The average Bonchev–Trinajstić information content (AvgIpc) is 2.91. The first-order valence-electron chi connectivity index (χ1n) is 6.96. The van der Waals surface area contributed by atoms with Crippen LogP contribution in [0.4, 0.5) is 5.69 Å². The number of hydrogen-bond acceptors (Lipinski definition) is 3. The van der Waals surface area contributed by atoms with Crippen LogP contribution in [0.5, 0.6) is 5.75 Å². The van der Waals surface area contributed by atoms with Crippen molar-refractivity contribution in [3.63, 3.8) is 0 Å². The summed E-state index contributed by atoms with van der Waals surface area (Å²) in [6.45, 7) is 2.92. The Hall–Kier alpha value is -1.61. The number of nitrogen functional groups attached to an aromatic ring is 1. The van der Waals surface area contributed by atoms with Crippen molar-refractivity contribution in [3.8, 4) is 5.75 Å². The van der Waals surface area contributed by atoms with Crippen molar-refractivity contribution >= 4 is 17.4 Å². The molecule has 0 aliphatic carbocycles. The molecule has 0 unspecified atom stereocenters. The highest BCUT2D eigenvalue weighted by Crippen LogP contribution is 2.29. The molecule has 0 spiro atoms. The number of anilines is 1. The van der Waals surface area contributed by atoms with Crippen molar-refractivity contribution in [3.05, 3.63) is 53.1 Å². The molecular formula is C17H19NOS. The van der Waals surface area contributed by atoms with Gasteiger partial charge in [-0.1, -0.05) is 18.2 Å². The Morgan fingerprint density at radius 2 is 2.15 bits per heavy atom. The van der Waals surface area contributed by atoms with E-state index >= 15 is 0 Å². The van der Waals surface area contributed by atoms with Crippen LogP contribution in [0.2, 0.25) is 0 Å². The molecule has 0 amide bonds. The zero-order chi connectivity index (χ0) is 13.9. The fraction of sp³-hybridized carbons (Fsp3) is 0.294. The molecule has 2 nitrogen and oxygen atoms in total. The average molecular weight is 285 g/mol. The van der Waals surface area contributed by atoms with Gasteiger partial charge >= 0.3 is 0 Å². The minimum Gasteiger partial charge on any atom is -0.493 e. The van der Waals surface area contributed by atoms with Crippen molar-refractivity contribution in [1.29, 1.82) is 0 Å². The lowest BCUT2D eigenvalue weighted by Gasteiger charge is -2.08. The Balaban J connectivity index is 1.61. The van der Waals surface area contributed by atoms with Gasteiger partial charge in [-0.3, -0.25) is 0 Å². The highest BCUT2D eigenvalue weighted by molar-refractivity contribution is 7.99. The standard InChI is InChI=1S/C17H19NOS/c1-12-15(18)3-2-4-17(12)20-10-8-13-5-6-16-14(11-13)7-9-19-16/h2-6,11H,7-10,18H2,1H3. The van der Waals surface area contributed by atoms with Crippen LogP contribution in [-0.2, 0) is 12.8 Å². The van der Waals surface area contributed by atoms with Crippen molar-refractivity contribution in [1.82, 2.24) is 0 Å². The number of fused-ring (bicyclic) bond motifs is 1. The maximum Gasteiger partial charge on any atom is 0.122 e. The topological polar surface area (TPSA) is 35.2 Å². The molecule has 1 aliphatic rings. The monoisotopic (exact) mass is 285 g/mol. The lowest BCUT2D eigenvalue weighted by molar-refractivity contribution is 0.357. The molecule has 2 aromatic carbocycles. The number of nitrogens with two attached hydrogens (primary N) is 1. The predicted octanol–water partition coefficient (Wildman–Crippen LogP) is 3.85. The maximum atomic E-state index is 5.94. The van der Waals surface area contributed by atoms with Crippen LogP contribution in [0.25, 0.3) is 0 Å². The van der Waals surface area contributed by atoms with Crippen LogP contribution in [0.15, 0.2) is 41.3 Å². The Labute approximate surface area is 124 Å². The van der Waals surface area contributed by atoms with Gasteiger partial charge < -0.3 is 10.5 Å². The number of benzene rings is 2. The Kier molecular flexibility index (Phi) is 3.88. The van der Waals surface area contributed by atoms with Gasteiger partial charge in [0.25, 0.3) is 0 Å². The van der Waals surface area contributed by atoms with E-state index in [1.54, 1.807) is 0 Å². The highest BCUT2D eigenvalue weighted by Gasteiger charge is 2.11. The van der Waals surface area contributed by atoms with Gasteiger partial charge in [0.05, 0.1) is 6.61 Å². The van der Waals surface area contributed by atoms with Crippen LogP contribution < -0.4 is 10.5 Å². The van der Waals surface area contributed by atoms with E-state index in [1.165, 1.54) is 21.6 Å². The Morgan fingerprint density at radius 1 is 1.25 bits per heavy atom.